The van der Waals surface area contributed by atoms with Crippen LogP contribution < -0.4 is 4.74 Å². The predicted octanol–water partition coefficient (Wildman–Crippen LogP) is 9.35. The van der Waals surface area contributed by atoms with Crippen molar-refractivity contribution in [2.45, 2.75) is 75.5 Å². The molecule has 0 unspecified atom stereocenters. The Morgan fingerprint density at radius 2 is 1.45 bits per heavy atom. The molecule has 1 saturated carbocycles. The second kappa shape index (κ2) is 9.28. The number of esters is 1. The Morgan fingerprint density at radius 1 is 0.848 bits per heavy atom. The van der Waals surface area contributed by atoms with Crippen LogP contribution in [0.2, 0.25) is 0 Å². The van der Waals surface area contributed by atoms with E-state index in [2.05, 4.69) is 31.2 Å². The lowest BCUT2D eigenvalue weighted by Crippen LogP contribution is -2.25. The molecule has 3 rings (SSSR count). The minimum absolute atomic E-state index is 0.165. The molecule has 2 nitrogen and oxygen atoms in total. The molecule has 0 spiro atoms. The van der Waals surface area contributed by atoms with Crippen molar-refractivity contribution in [3.8, 4) is 5.75 Å². The number of hydrogen-bond acceptors (Lipinski definition) is 2. The Morgan fingerprint density at radius 3 is 2.00 bits per heavy atom. The Balaban J connectivity index is 1.49. The van der Waals surface area contributed by atoms with Gasteiger partial charge in [0.25, 0.3) is 0 Å². The number of hydrogen-bond donors (Lipinski definition) is 0. The summed E-state index contributed by atoms with van der Waals surface area (Å²) in [5.74, 6) is -0.687. The second-order valence-electron chi connectivity index (χ2n) is 8.96. The summed E-state index contributed by atoms with van der Waals surface area (Å²) < 4.78 is 69.2. The van der Waals surface area contributed by atoms with Crippen LogP contribution in [0.1, 0.15) is 75.3 Å². The highest BCUT2D eigenvalue weighted by Gasteiger charge is 2.65. The van der Waals surface area contributed by atoms with Crippen LogP contribution in [0, 0.1) is 5.92 Å². The lowest BCUT2D eigenvalue weighted by atomic mass is 9.78. The molecule has 0 heterocycles. The van der Waals surface area contributed by atoms with Crippen molar-refractivity contribution in [3.05, 3.63) is 59.7 Å². The van der Waals surface area contributed by atoms with E-state index in [9.17, 15) is 24.2 Å². The molecule has 2 aromatic rings. The van der Waals surface area contributed by atoms with E-state index < -0.39 is 21.1 Å². The summed E-state index contributed by atoms with van der Waals surface area (Å²) in [6, 6.07) is 10.7. The van der Waals surface area contributed by atoms with Gasteiger partial charge in [0, 0.05) is 0 Å². The maximum Gasteiger partial charge on any atom is 0.314 e. The third kappa shape index (κ3) is 7.45. The molecular weight excluding hydrogens is 459 g/mol. The zero-order valence-electron chi connectivity index (χ0n) is 18.8. The topological polar surface area (TPSA) is 26.3 Å². The summed E-state index contributed by atoms with van der Waals surface area (Å²) in [5.41, 5.74) is 2.59. The van der Waals surface area contributed by atoms with Crippen LogP contribution in [0.15, 0.2) is 53.4 Å². The molecule has 0 radical (unpaired) electrons. The Kier molecular flexibility index (Phi) is 7.18. The van der Waals surface area contributed by atoms with Crippen LogP contribution in [0.25, 0.3) is 0 Å². The fourth-order valence-corrected chi connectivity index (χ4v) is 4.99. The van der Waals surface area contributed by atoms with Gasteiger partial charge in [-0.25, -0.2) is 0 Å². The number of carbonyl (C=O) groups excluding carboxylic acids is 1. The highest BCUT2D eigenvalue weighted by atomic mass is 32.5. The molecule has 8 heteroatoms. The lowest BCUT2D eigenvalue weighted by Gasteiger charge is -2.40. The summed E-state index contributed by atoms with van der Waals surface area (Å²) in [4.78, 5) is 10.4. The van der Waals surface area contributed by atoms with E-state index in [1.54, 1.807) is 0 Å². The normalized spacial score (nSPS) is 21.2. The number of halogens is 5. The highest BCUT2D eigenvalue weighted by Crippen LogP contribution is 3.02. The second-order valence-corrected chi connectivity index (χ2v) is 11.4. The lowest BCUT2D eigenvalue weighted by molar-refractivity contribution is -0.140. The average Bonchev–Trinajstić information content (AvgIpc) is 2.76. The van der Waals surface area contributed by atoms with Crippen molar-refractivity contribution < 1.29 is 29.0 Å². The third-order valence-corrected chi connectivity index (χ3v) is 7.48. The van der Waals surface area contributed by atoms with Gasteiger partial charge in [-0.3, -0.25) is 4.79 Å². The minimum Gasteiger partial charge on any atom is -0.426 e. The molecule has 0 saturated heterocycles. The zero-order valence-corrected chi connectivity index (χ0v) is 19.6. The Bertz CT molecular complexity index is 932. The van der Waals surface area contributed by atoms with Crippen LogP contribution in [-0.2, 0) is 11.2 Å². The van der Waals surface area contributed by atoms with Gasteiger partial charge in [0.1, 0.15) is 10.6 Å². The number of carbonyl (C=O) groups is 1. The average molecular weight is 491 g/mol. The molecule has 2 aromatic carbocycles. The van der Waals surface area contributed by atoms with E-state index in [-0.39, 0.29) is 23.8 Å². The van der Waals surface area contributed by atoms with Crippen LogP contribution >= 0.6 is 10.2 Å². The van der Waals surface area contributed by atoms with Crippen molar-refractivity contribution in [2.24, 2.45) is 5.92 Å². The molecule has 1 fully saturated rings. The number of unbranched alkanes of at least 4 members (excludes halogenated alkanes) is 3. The van der Waals surface area contributed by atoms with Crippen LogP contribution in [-0.4, -0.2) is 5.97 Å². The molecule has 1 aliphatic carbocycles. The van der Waals surface area contributed by atoms with Crippen LogP contribution in [0.5, 0.6) is 5.75 Å². The summed E-state index contributed by atoms with van der Waals surface area (Å²) in [7, 11) is -9.73. The van der Waals surface area contributed by atoms with Gasteiger partial charge in [0.05, 0.1) is 5.92 Å². The third-order valence-electron chi connectivity index (χ3n) is 6.32. The largest absolute Gasteiger partial charge is 0.426 e. The number of benzene rings is 2. The van der Waals surface area contributed by atoms with Gasteiger partial charge in [0.2, 0.25) is 0 Å². The van der Waals surface area contributed by atoms with Gasteiger partial charge < -0.3 is 4.74 Å². The maximum atomic E-state index is 12.8. The first kappa shape index (κ1) is 25.5. The van der Waals surface area contributed by atoms with Gasteiger partial charge in [-0.15, -0.1) is 0 Å². The van der Waals surface area contributed by atoms with Crippen LogP contribution in [0.3, 0.4) is 0 Å². The minimum atomic E-state index is -9.73. The molecule has 0 bridgehead atoms. The summed E-state index contributed by atoms with van der Waals surface area (Å²) in [6.07, 6.45) is 8.89. The first-order valence-corrected chi connectivity index (χ1v) is 13.5. The van der Waals surface area contributed by atoms with E-state index in [0.29, 0.717) is 18.8 Å². The standard InChI is InChI=1S/C25H31F5O2S/c1-2-3-4-5-6-19-7-9-20(10-8-19)21-11-13-22(14-12-21)25(31)32-23-15-17-24(18-16-23)33(26,27,28,29)30/h7-10,15-18,21-22H,2-6,11-14H2,1H3/t21-,22-. The van der Waals surface area contributed by atoms with Gasteiger partial charge in [-0.05, 0) is 79.8 Å². The fraction of sp³-hybridized carbons (Fsp3) is 0.480. The Labute approximate surface area is 192 Å². The van der Waals surface area contributed by atoms with Crippen molar-refractivity contribution in [1.82, 2.24) is 0 Å². The Hall–Kier alpha value is -2.09. The van der Waals surface area contributed by atoms with Crippen LogP contribution in [0.4, 0.5) is 19.4 Å². The van der Waals surface area contributed by atoms with E-state index >= 15 is 0 Å². The number of ether oxygens (including phenoxy) is 1. The number of aryl methyl sites for hydroxylation is 1. The van der Waals surface area contributed by atoms with Crippen molar-refractivity contribution in [2.75, 3.05) is 0 Å². The molecule has 0 aromatic heterocycles. The summed E-state index contributed by atoms with van der Waals surface area (Å²) in [6.45, 7) is 2.20. The van der Waals surface area contributed by atoms with Crippen molar-refractivity contribution in [3.63, 3.8) is 0 Å². The first-order valence-electron chi connectivity index (χ1n) is 11.5. The predicted molar refractivity (Wildman–Crippen MR) is 122 cm³/mol. The van der Waals surface area contributed by atoms with E-state index in [1.807, 2.05) is 0 Å². The summed E-state index contributed by atoms with van der Waals surface area (Å²) >= 11 is 0. The van der Waals surface area contributed by atoms with Crippen molar-refractivity contribution in [1.29, 1.82) is 0 Å². The van der Waals surface area contributed by atoms with E-state index in [4.69, 9.17) is 4.74 Å². The highest BCUT2D eigenvalue weighted by molar-refractivity contribution is 8.45. The van der Waals surface area contributed by atoms with Gasteiger partial charge in [-0.1, -0.05) is 69.9 Å². The van der Waals surface area contributed by atoms with E-state index in [1.165, 1.54) is 36.8 Å². The SMILES string of the molecule is CCCCCCc1ccc([C@H]2CC[C@H](C(=O)Oc3ccc(S(F)(F)(F)(F)F)cc3)CC2)cc1. The first-order chi connectivity index (χ1) is 15.4. The molecular formula is C25H31F5O2S. The molecule has 0 N–H and O–H groups in total. The quantitative estimate of drug-likeness (QED) is 0.151. The molecule has 1 aliphatic rings. The molecule has 184 valence electrons. The zero-order chi connectivity index (χ0) is 24.2. The van der Waals surface area contributed by atoms with Crippen molar-refractivity contribution >= 4 is 16.2 Å². The molecule has 0 aliphatic heterocycles. The fourth-order valence-electron chi connectivity index (χ4n) is 4.34. The smallest absolute Gasteiger partial charge is 0.314 e. The maximum absolute atomic E-state index is 12.8. The monoisotopic (exact) mass is 490 g/mol. The van der Waals surface area contributed by atoms with E-state index in [0.717, 1.165) is 31.4 Å². The number of rotatable bonds is 9. The molecule has 0 atom stereocenters. The summed E-state index contributed by atoms with van der Waals surface area (Å²) in [5, 5.41) is 0. The molecule has 33 heavy (non-hydrogen) atoms. The van der Waals surface area contributed by atoms with Gasteiger partial charge in [0.15, 0.2) is 0 Å². The van der Waals surface area contributed by atoms with Gasteiger partial charge >= 0.3 is 16.2 Å². The molecule has 0 amide bonds. The van der Waals surface area contributed by atoms with Gasteiger partial charge in [-0.2, -0.15) is 0 Å².